The van der Waals surface area contributed by atoms with Crippen molar-refractivity contribution in [3.8, 4) is 0 Å². The average Bonchev–Trinajstić information content (AvgIpc) is 3.46. The van der Waals surface area contributed by atoms with Gasteiger partial charge in [-0.2, -0.15) is 0 Å². The lowest BCUT2D eigenvalue weighted by Gasteiger charge is -2.14. The number of methoxy groups -OCH3 is 1. The van der Waals surface area contributed by atoms with Crippen LogP contribution < -0.4 is 10.9 Å². The first kappa shape index (κ1) is 27.8. The van der Waals surface area contributed by atoms with Crippen LogP contribution in [-0.4, -0.2) is 57.3 Å². The van der Waals surface area contributed by atoms with Crippen molar-refractivity contribution in [3.05, 3.63) is 64.6 Å². The zero-order chi connectivity index (χ0) is 27.1. The molecule has 1 aliphatic rings. The largest absolute Gasteiger partial charge is 0.465 e. The standard InChI is InChI=1S/C25H22N4O5S4/c1-34-23(33)16-10-8-15(9-11-16)13-19-22(32)29(25(35)38-19)12-4-7-20(30)27-28-21(31)14-36-24-26-17-5-2-3-6-18(17)37-24/h2-3,5-6,8-11,13H,4,7,12,14H2,1H3,(H,27,30)(H,28,31). The van der Waals surface area contributed by atoms with E-state index in [-0.39, 0.29) is 36.4 Å². The maximum atomic E-state index is 12.8. The summed E-state index contributed by atoms with van der Waals surface area (Å²) in [5.41, 5.74) is 6.85. The van der Waals surface area contributed by atoms with Crippen molar-refractivity contribution in [2.75, 3.05) is 19.4 Å². The van der Waals surface area contributed by atoms with E-state index in [4.69, 9.17) is 12.2 Å². The van der Waals surface area contributed by atoms with Crippen LogP contribution in [0.15, 0.2) is 57.8 Å². The Hall–Kier alpha value is -3.26. The second-order valence-corrected chi connectivity index (χ2v) is 11.8. The number of thiocarbonyl (C=S) groups is 1. The molecule has 13 heteroatoms. The fourth-order valence-electron chi connectivity index (χ4n) is 3.35. The van der Waals surface area contributed by atoms with Gasteiger partial charge in [0.15, 0.2) is 4.34 Å². The maximum absolute atomic E-state index is 12.8. The molecule has 0 atom stereocenters. The summed E-state index contributed by atoms with van der Waals surface area (Å²) in [6.07, 6.45) is 2.18. The Morgan fingerprint density at radius 3 is 2.58 bits per heavy atom. The minimum atomic E-state index is -0.435. The highest BCUT2D eigenvalue weighted by atomic mass is 32.2. The van der Waals surface area contributed by atoms with Crippen molar-refractivity contribution in [2.45, 2.75) is 17.2 Å². The third-order valence-electron chi connectivity index (χ3n) is 5.23. The molecule has 4 rings (SSSR count). The van der Waals surface area contributed by atoms with Gasteiger partial charge in [0.1, 0.15) is 4.32 Å². The first-order valence-electron chi connectivity index (χ1n) is 11.3. The number of aromatic nitrogens is 1. The second-order valence-electron chi connectivity index (χ2n) is 7.88. The molecule has 196 valence electrons. The topological polar surface area (TPSA) is 118 Å². The summed E-state index contributed by atoms with van der Waals surface area (Å²) in [5, 5.41) is 0. The number of rotatable bonds is 9. The summed E-state index contributed by atoms with van der Waals surface area (Å²) in [4.78, 5) is 55.0. The molecule has 1 fully saturated rings. The van der Waals surface area contributed by atoms with Crippen molar-refractivity contribution in [1.82, 2.24) is 20.7 Å². The van der Waals surface area contributed by atoms with Gasteiger partial charge in [-0.3, -0.25) is 30.1 Å². The number of hydrogen-bond donors (Lipinski definition) is 2. The SMILES string of the molecule is COC(=O)c1ccc(C=C2SC(=S)N(CCCC(=O)NNC(=O)CSc3nc4ccccc4s3)C2=O)cc1. The molecule has 0 saturated carbocycles. The fraction of sp³-hybridized carbons (Fsp3) is 0.200. The molecule has 1 aromatic heterocycles. The van der Waals surface area contributed by atoms with E-state index in [9.17, 15) is 19.2 Å². The summed E-state index contributed by atoms with van der Waals surface area (Å²) in [6.45, 7) is 0.276. The Labute approximate surface area is 236 Å². The number of benzene rings is 2. The van der Waals surface area contributed by atoms with Crippen LogP contribution >= 0.6 is 47.1 Å². The van der Waals surface area contributed by atoms with Crippen LogP contribution in [0.5, 0.6) is 0 Å². The molecule has 1 saturated heterocycles. The number of nitrogens with zero attached hydrogens (tertiary/aromatic N) is 2. The number of thiazole rings is 1. The van der Waals surface area contributed by atoms with E-state index in [0.717, 1.165) is 20.1 Å². The van der Waals surface area contributed by atoms with E-state index < -0.39 is 5.97 Å². The Balaban J connectivity index is 1.18. The number of fused-ring (bicyclic) bond motifs is 1. The van der Waals surface area contributed by atoms with E-state index in [0.29, 0.717) is 21.2 Å². The Kier molecular flexibility index (Phi) is 9.50. The van der Waals surface area contributed by atoms with Gasteiger partial charge in [-0.1, -0.05) is 60.0 Å². The number of hydrazine groups is 1. The van der Waals surface area contributed by atoms with E-state index in [1.54, 1.807) is 30.3 Å². The van der Waals surface area contributed by atoms with Crippen molar-refractivity contribution in [1.29, 1.82) is 0 Å². The molecule has 3 aromatic rings. The molecule has 0 radical (unpaired) electrons. The van der Waals surface area contributed by atoms with Crippen molar-refractivity contribution in [2.24, 2.45) is 0 Å². The number of nitrogens with one attached hydrogen (secondary N) is 2. The van der Waals surface area contributed by atoms with E-state index in [2.05, 4.69) is 20.6 Å². The zero-order valence-corrected chi connectivity index (χ0v) is 23.4. The molecular formula is C25H22N4O5S4. The van der Waals surface area contributed by atoms with Crippen molar-refractivity contribution >= 4 is 91.4 Å². The molecule has 2 N–H and O–H groups in total. The average molecular weight is 587 g/mol. The minimum Gasteiger partial charge on any atom is -0.465 e. The predicted octanol–water partition coefficient (Wildman–Crippen LogP) is 4.00. The first-order chi connectivity index (χ1) is 18.3. The Bertz CT molecular complexity index is 1390. The maximum Gasteiger partial charge on any atom is 0.337 e. The number of para-hydroxylation sites is 1. The number of carbonyl (C=O) groups excluding carboxylic acids is 4. The lowest BCUT2D eigenvalue weighted by atomic mass is 10.1. The number of esters is 1. The molecule has 2 aromatic carbocycles. The quantitative estimate of drug-likeness (QED) is 0.126. The van der Waals surface area contributed by atoms with Gasteiger partial charge in [0.2, 0.25) is 11.8 Å². The zero-order valence-electron chi connectivity index (χ0n) is 20.1. The van der Waals surface area contributed by atoms with Crippen LogP contribution in [0.2, 0.25) is 0 Å². The predicted molar refractivity (Wildman–Crippen MR) is 154 cm³/mol. The van der Waals surface area contributed by atoms with Crippen molar-refractivity contribution < 1.29 is 23.9 Å². The van der Waals surface area contributed by atoms with Gasteiger partial charge in [-0.05, 0) is 42.3 Å². The van der Waals surface area contributed by atoms with Gasteiger partial charge in [-0.25, -0.2) is 9.78 Å². The molecule has 2 heterocycles. The van der Waals surface area contributed by atoms with E-state index in [1.165, 1.54) is 46.9 Å². The molecule has 3 amide bonds. The molecule has 0 bridgehead atoms. The van der Waals surface area contributed by atoms with Gasteiger partial charge in [-0.15, -0.1) is 11.3 Å². The Morgan fingerprint density at radius 1 is 1.11 bits per heavy atom. The summed E-state index contributed by atoms with van der Waals surface area (Å²) < 4.78 is 6.93. The highest BCUT2D eigenvalue weighted by molar-refractivity contribution is 8.26. The number of thioether (sulfide) groups is 2. The van der Waals surface area contributed by atoms with E-state index in [1.807, 2.05) is 24.3 Å². The molecule has 0 unspecified atom stereocenters. The summed E-state index contributed by atoms with van der Waals surface area (Å²) >= 11 is 9.33. The van der Waals surface area contributed by atoms with Crippen LogP contribution in [0.3, 0.4) is 0 Å². The van der Waals surface area contributed by atoms with Crippen LogP contribution in [0, 0.1) is 0 Å². The third kappa shape index (κ3) is 7.19. The lowest BCUT2D eigenvalue weighted by Crippen LogP contribution is -2.42. The fourth-order valence-corrected chi connectivity index (χ4v) is 6.53. The third-order valence-corrected chi connectivity index (χ3v) is 8.79. The minimum absolute atomic E-state index is 0.108. The number of ether oxygens (including phenoxy) is 1. The molecule has 9 nitrogen and oxygen atoms in total. The normalized spacial score (nSPS) is 14.2. The van der Waals surface area contributed by atoms with E-state index >= 15 is 0 Å². The number of carbonyl (C=O) groups is 4. The Morgan fingerprint density at radius 2 is 1.84 bits per heavy atom. The summed E-state index contributed by atoms with van der Waals surface area (Å²) in [5.74, 6) is -1.26. The highest BCUT2D eigenvalue weighted by Crippen LogP contribution is 2.33. The number of hydrogen-bond acceptors (Lipinski definition) is 10. The van der Waals surface area contributed by atoms with Crippen molar-refractivity contribution in [3.63, 3.8) is 0 Å². The highest BCUT2D eigenvalue weighted by Gasteiger charge is 2.31. The smallest absolute Gasteiger partial charge is 0.337 e. The summed E-state index contributed by atoms with van der Waals surface area (Å²) in [7, 11) is 1.31. The monoisotopic (exact) mass is 586 g/mol. The molecule has 38 heavy (non-hydrogen) atoms. The lowest BCUT2D eigenvalue weighted by molar-refractivity contribution is -0.128. The second kappa shape index (κ2) is 13.0. The first-order valence-corrected chi connectivity index (χ1v) is 14.4. The van der Waals surface area contributed by atoms with Gasteiger partial charge >= 0.3 is 5.97 Å². The summed E-state index contributed by atoms with van der Waals surface area (Å²) in [6, 6.07) is 14.4. The van der Waals surface area contributed by atoms with Crippen LogP contribution in [0.1, 0.15) is 28.8 Å². The molecule has 0 aliphatic carbocycles. The van der Waals surface area contributed by atoms with Gasteiger partial charge < -0.3 is 4.74 Å². The molecular weight excluding hydrogens is 565 g/mol. The van der Waals surface area contributed by atoms with Gasteiger partial charge in [0.25, 0.3) is 5.91 Å². The van der Waals surface area contributed by atoms with Crippen LogP contribution in [0.4, 0.5) is 0 Å². The molecule has 0 spiro atoms. The van der Waals surface area contributed by atoms with Crippen LogP contribution in [-0.2, 0) is 19.1 Å². The molecule has 1 aliphatic heterocycles. The van der Waals surface area contributed by atoms with Gasteiger partial charge in [0.05, 0.1) is 33.5 Å². The van der Waals surface area contributed by atoms with Crippen LogP contribution in [0.25, 0.3) is 16.3 Å². The number of amides is 3. The van der Waals surface area contributed by atoms with Gasteiger partial charge in [0, 0.05) is 13.0 Å².